The third-order valence-corrected chi connectivity index (χ3v) is 2.31. The van der Waals surface area contributed by atoms with E-state index in [1.807, 2.05) is 47.6 Å². The summed E-state index contributed by atoms with van der Waals surface area (Å²) in [6.45, 7) is 16.4. The summed E-state index contributed by atoms with van der Waals surface area (Å²) in [4.78, 5) is 0. The van der Waals surface area contributed by atoms with Crippen molar-refractivity contribution in [2.24, 2.45) is 11.7 Å². The van der Waals surface area contributed by atoms with Gasteiger partial charge < -0.3 is 5.73 Å². The van der Waals surface area contributed by atoms with Crippen molar-refractivity contribution < 1.29 is 0 Å². The standard InChI is InChI=1S/C12H21N.2C2H6/c1-5-8-11(7-3)12(9-13)10(4)6-2;2*1-2/h5,7-10H,6,13H2,1-4H3;2*1-2H3/b8-5-,11-7-,12-9-;;. The predicted octanol–water partition coefficient (Wildman–Crippen LogP) is 5.45. The van der Waals surface area contributed by atoms with Crippen LogP contribution in [0.2, 0.25) is 0 Å². The molecule has 0 heterocycles. The minimum atomic E-state index is 0.535. The van der Waals surface area contributed by atoms with E-state index < -0.39 is 0 Å². The van der Waals surface area contributed by atoms with Gasteiger partial charge in [0.15, 0.2) is 0 Å². The van der Waals surface area contributed by atoms with E-state index in [9.17, 15) is 0 Å². The van der Waals surface area contributed by atoms with E-state index in [0.717, 1.165) is 6.42 Å². The Labute approximate surface area is 109 Å². The van der Waals surface area contributed by atoms with Crippen molar-refractivity contribution >= 4 is 0 Å². The molecule has 0 aliphatic carbocycles. The second-order valence-corrected chi connectivity index (χ2v) is 3.18. The Kier molecular flexibility index (Phi) is 21.8. The maximum absolute atomic E-state index is 5.62. The van der Waals surface area contributed by atoms with Crippen LogP contribution in [0.25, 0.3) is 0 Å². The molecule has 0 spiro atoms. The molecule has 1 nitrogen and oxygen atoms in total. The third-order valence-electron chi connectivity index (χ3n) is 2.31. The first-order valence-electron chi connectivity index (χ1n) is 6.92. The maximum Gasteiger partial charge on any atom is -0.00210 e. The number of hydrogen-bond acceptors (Lipinski definition) is 1. The molecule has 0 aliphatic heterocycles. The molecule has 0 fully saturated rings. The van der Waals surface area contributed by atoms with Gasteiger partial charge in [0.1, 0.15) is 0 Å². The molecule has 0 aromatic carbocycles. The first-order chi connectivity index (χ1) is 8.21. The minimum Gasteiger partial charge on any atom is -0.404 e. The average Bonchev–Trinajstić information content (AvgIpc) is 2.42. The largest absolute Gasteiger partial charge is 0.404 e. The van der Waals surface area contributed by atoms with Crippen LogP contribution in [-0.2, 0) is 0 Å². The maximum atomic E-state index is 5.62. The van der Waals surface area contributed by atoms with Crippen LogP contribution < -0.4 is 5.73 Å². The molecule has 0 amide bonds. The lowest BCUT2D eigenvalue weighted by atomic mass is 9.92. The highest BCUT2D eigenvalue weighted by Crippen LogP contribution is 2.22. The van der Waals surface area contributed by atoms with Crippen LogP contribution in [0.5, 0.6) is 0 Å². The molecule has 102 valence electrons. The predicted molar refractivity (Wildman–Crippen MR) is 83.0 cm³/mol. The SMILES string of the molecule is CC.CC.C\C=C/C(=C/C)C(=C\N)/C(C)CC. The fraction of sp³-hybridized carbons (Fsp3) is 0.625. The van der Waals surface area contributed by atoms with Crippen molar-refractivity contribution in [3.8, 4) is 0 Å². The molecule has 0 radical (unpaired) electrons. The van der Waals surface area contributed by atoms with Crippen LogP contribution in [0.1, 0.15) is 61.8 Å². The normalized spacial score (nSPS) is 13.4. The molecule has 0 bridgehead atoms. The van der Waals surface area contributed by atoms with Gasteiger partial charge >= 0.3 is 0 Å². The molecule has 1 heteroatoms. The highest BCUT2D eigenvalue weighted by molar-refractivity contribution is 5.39. The number of rotatable bonds is 4. The Hall–Kier alpha value is -0.980. The van der Waals surface area contributed by atoms with Crippen molar-refractivity contribution in [3.05, 3.63) is 35.6 Å². The summed E-state index contributed by atoms with van der Waals surface area (Å²) in [5.74, 6) is 0.535. The van der Waals surface area contributed by atoms with E-state index in [1.54, 1.807) is 6.20 Å². The van der Waals surface area contributed by atoms with Gasteiger partial charge in [-0.25, -0.2) is 0 Å². The van der Waals surface area contributed by atoms with E-state index in [4.69, 9.17) is 5.73 Å². The lowest BCUT2D eigenvalue weighted by molar-refractivity contribution is 0.663. The van der Waals surface area contributed by atoms with Crippen molar-refractivity contribution in [2.45, 2.75) is 61.8 Å². The Morgan fingerprint density at radius 2 is 1.59 bits per heavy atom. The quantitative estimate of drug-likeness (QED) is 0.649. The van der Waals surface area contributed by atoms with Gasteiger partial charge in [-0.2, -0.15) is 0 Å². The lowest BCUT2D eigenvalue weighted by Gasteiger charge is -2.14. The number of allylic oxidation sites excluding steroid dienone is 5. The highest BCUT2D eigenvalue weighted by Gasteiger charge is 2.07. The smallest absolute Gasteiger partial charge is 0.00210 e. The summed E-state index contributed by atoms with van der Waals surface area (Å²) in [5, 5.41) is 0. The lowest BCUT2D eigenvalue weighted by Crippen LogP contribution is -2.02. The zero-order chi connectivity index (χ0) is 14.3. The summed E-state index contributed by atoms with van der Waals surface area (Å²) in [6, 6.07) is 0. The molecular weight excluding hydrogens is 206 g/mol. The monoisotopic (exact) mass is 239 g/mol. The van der Waals surface area contributed by atoms with E-state index in [0.29, 0.717) is 5.92 Å². The fourth-order valence-corrected chi connectivity index (χ4v) is 1.30. The van der Waals surface area contributed by atoms with Gasteiger partial charge in [0.25, 0.3) is 0 Å². The van der Waals surface area contributed by atoms with E-state index in [-0.39, 0.29) is 0 Å². The Morgan fingerprint density at radius 1 is 1.12 bits per heavy atom. The summed E-state index contributed by atoms with van der Waals surface area (Å²) in [5.41, 5.74) is 8.09. The molecule has 0 saturated carbocycles. The third kappa shape index (κ3) is 9.92. The molecule has 0 saturated heterocycles. The zero-order valence-corrected chi connectivity index (χ0v) is 13.2. The van der Waals surface area contributed by atoms with Crippen LogP contribution in [0.4, 0.5) is 0 Å². The van der Waals surface area contributed by atoms with Crippen LogP contribution in [0.3, 0.4) is 0 Å². The summed E-state index contributed by atoms with van der Waals surface area (Å²) < 4.78 is 0. The fourth-order valence-electron chi connectivity index (χ4n) is 1.30. The average molecular weight is 239 g/mol. The van der Waals surface area contributed by atoms with Gasteiger partial charge in [-0.15, -0.1) is 0 Å². The van der Waals surface area contributed by atoms with Gasteiger partial charge in [0.05, 0.1) is 0 Å². The summed E-state index contributed by atoms with van der Waals surface area (Å²) in [7, 11) is 0. The molecule has 1 unspecified atom stereocenters. The molecule has 2 N–H and O–H groups in total. The molecular formula is C16H33N. The van der Waals surface area contributed by atoms with Crippen LogP contribution >= 0.6 is 0 Å². The first kappa shape index (κ1) is 21.3. The van der Waals surface area contributed by atoms with Gasteiger partial charge in [0.2, 0.25) is 0 Å². The number of nitrogens with two attached hydrogens (primary N) is 1. The van der Waals surface area contributed by atoms with E-state index in [1.165, 1.54) is 11.1 Å². The zero-order valence-electron chi connectivity index (χ0n) is 13.2. The molecule has 0 rings (SSSR count). The summed E-state index contributed by atoms with van der Waals surface area (Å²) >= 11 is 0. The second-order valence-electron chi connectivity index (χ2n) is 3.18. The second kappa shape index (κ2) is 17.4. The van der Waals surface area contributed by atoms with Crippen LogP contribution in [-0.4, -0.2) is 0 Å². The Bertz CT molecular complexity index is 222. The van der Waals surface area contributed by atoms with Crippen molar-refractivity contribution in [1.29, 1.82) is 0 Å². The first-order valence-corrected chi connectivity index (χ1v) is 6.92. The van der Waals surface area contributed by atoms with E-state index in [2.05, 4.69) is 26.0 Å². The van der Waals surface area contributed by atoms with Gasteiger partial charge in [-0.3, -0.25) is 0 Å². The summed E-state index contributed by atoms with van der Waals surface area (Å²) in [6.07, 6.45) is 9.10. The van der Waals surface area contributed by atoms with Gasteiger partial charge in [0, 0.05) is 0 Å². The van der Waals surface area contributed by atoms with E-state index >= 15 is 0 Å². The molecule has 0 aliphatic rings. The highest BCUT2D eigenvalue weighted by atomic mass is 14.5. The van der Waals surface area contributed by atoms with Crippen LogP contribution in [0, 0.1) is 5.92 Å². The molecule has 0 aromatic heterocycles. The van der Waals surface area contributed by atoms with Crippen molar-refractivity contribution in [2.75, 3.05) is 0 Å². The van der Waals surface area contributed by atoms with Crippen LogP contribution in [0.15, 0.2) is 35.6 Å². The van der Waals surface area contributed by atoms with Crippen molar-refractivity contribution in [1.82, 2.24) is 0 Å². The van der Waals surface area contributed by atoms with Gasteiger partial charge in [-0.1, -0.05) is 59.8 Å². The molecule has 0 aromatic rings. The van der Waals surface area contributed by atoms with Gasteiger partial charge in [-0.05, 0) is 43.5 Å². The topological polar surface area (TPSA) is 26.0 Å². The van der Waals surface area contributed by atoms with Crippen molar-refractivity contribution in [3.63, 3.8) is 0 Å². The Morgan fingerprint density at radius 3 is 1.82 bits per heavy atom. The Balaban J connectivity index is -0.000000439. The number of hydrogen-bond donors (Lipinski definition) is 1. The molecule has 1 atom stereocenters. The molecule has 17 heavy (non-hydrogen) atoms. The minimum absolute atomic E-state index is 0.535.